The van der Waals surface area contributed by atoms with E-state index in [0.717, 1.165) is 12.3 Å². The van der Waals surface area contributed by atoms with Crippen molar-refractivity contribution in [3.63, 3.8) is 0 Å². The summed E-state index contributed by atoms with van der Waals surface area (Å²) < 4.78 is 4.85. The predicted molar refractivity (Wildman–Crippen MR) is 36.4 cm³/mol. The summed E-state index contributed by atoms with van der Waals surface area (Å²) in [6.45, 7) is 0.667. The Hall–Kier alpha value is -0.530. The van der Waals surface area contributed by atoms with Gasteiger partial charge in [0, 0.05) is 6.42 Å². The van der Waals surface area contributed by atoms with Gasteiger partial charge in [-0.15, -0.1) is 0 Å². The monoisotopic (exact) mass is 140 g/mol. The van der Waals surface area contributed by atoms with E-state index in [0.29, 0.717) is 18.9 Å². The van der Waals surface area contributed by atoms with Crippen LogP contribution in [0.25, 0.3) is 0 Å². The molecular formula is C8H12O2. The molecular weight excluding hydrogens is 128 g/mol. The van der Waals surface area contributed by atoms with Gasteiger partial charge in [-0.1, -0.05) is 0 Å². The number of hydrogen-bond donors (Lipinski definition) is 0. The Kier molecular flexibility index (Phi) is 1.40. The van der Waals surface area contributed by atoms with Crippen molar-refractivity contribution in [3.05, 3.63) is 0 Å². The number of carbonyl (C=O) groups is 1. The van der Waals surface area contributed by atoms with Gasteiger partial charge in [-0.3, -0.25) is 4.79 Å². The van der Waals surface area contributed by atoms with Crippen LogP contribution in [-0.2, 0) is 9.53 Å². The normalized spacial score (nSPS) is 33.6. The third-order valence-electron chi connectivity index (χ3n) is 2.47. The molecule has 2 heteroatoms. The third kappa shape index (κ3) is 1.15. The maximum Gasteiger partial charge on any atom is 0.306 e. The molecule has 0 aromatic carbocycles. The van der Waals surface area contributed by atoms with Gasteiger partial charge >= 0.3 is 5.97 Å². The highest BCUT2D eigenvalue weighted by Gasteiger charge is 2.34. The Morgan fingerprint density at radius 1 is 1.20 bits per heavy atom. The first-order chi connectivity index (χ1) is 4.86. The molecule has 0 aromatic rings. The summed E-state index contributed by atoms with van der Waals surface area (Å²) in [6.07, 6.45) is 4.48. The minimum absolute atomic E-state index is 0.0168. The van der Waals surface area contributed by atoms with E-state index in [-0.39, 0.29) is 5.97 Å². The highest BCUT2D eigenvalue weighted by atomic mass is 16.5. The number of cyclic esters (lactones) is 1. The van der Waals surface area contributed by atoms with E-state index in [1.54, 1.807) is 0 Å². The summed E-state index contributed by atoms with van der Waals surface area (Å²) >= 11 is 0. The van der Waals surface area contributed by atoms with Crippen LogP contribution >= 0.6 is 0 Å². The van der Waals surface area contributed by atoms with Crippen molar-refractivity contribution < 1.29 is 9.53 Å². The van der Waals surface area contributed by atoms with Gasteiger partial charge in [0.25, 0.3) is 0 Å². The first-order valence-electron chi connectivity index (χ1n) is 4.02. The van der Waals surface area contributed by atoms with Crippen molar-refractivity contribution in [1.29, 1.82) is 0 Å². The molecule has 2 aliphatic rings. The summed E-state index contributed by atoms with van der Waals surface area (Å²) in [4.78, 5) is 10.8. The molecule has 1 saturated carbocycles. The van der Waals surface area contributed by atoms with Crippen LogP contribution in [0.5, 0.6) is 0 Å². The number of hydrogen-bond acceptors (Lipinski definition) is 2. The molecule has 1 atom stereocenters. The van der Waals surface area contributed by atoms with Crippen LogP contribution in [0.15, 0.2) is 0 Å². The maximum atomic E-state index is 10.8. The van der Waals surface area contributed by atoms with E-state index >= 15 is 0 Å². The van der Waals surface area contributed by atoms with Crippen molar-refractivity contribution >= 4 is 5.97 Å². The molecule has 0 spiro atoms. The molecule has 2 rings (SSSR count). The molecule has 1 aliphatic heterocycles. The first-order valence-corrected chi connectivity index (χ1v) is 4.02. The second-order valence-corrected chi connectivity index (χ2v) is 3.31. The smallest absolute Gasteiger partial charge is 0.306 e. The van der Waals surface area contributed by atoms with Gasteiger partial charge in [-0.2, -0.15) is 0 Å². The summed E-state index contributed by atoms with van der Waals surface area (Å²) in [5, 5.41) is 0. The first kappa shape index (κ1) is 6.20. The van der Waals surface area contributed by atoms with Crippen LogP contribution in [0.2, 0.25) is 0 Å². The van der Waals surface area contributed by atoms with Crippen molar-refractivity contribution in [1.82, 2.24) is 0 Å². The van der Waals surface area contributed by atoms with E-state index in [2.05, 4.69) is 0 Å². The molecule has 1 aliphatic carbocycles. The zero-order chi connectivity index (χ0) is 6.97. The molecule has 1 heterocycles. The van der Waals surface area contributed by atoms with Crippen LogP contribution in [0.1, 0.15) is 25.7 Å². The van der Waals surface area contributed by atoms with Crippen molar-refractivity contribution in [2.75, 3.05) is 6.61 Å². The lowest BCUT2D eigenvalue weighted by atomic mass is 9.95. The summed E-state index contributed by atoms with van der Waals surface area (Å²) in [7, 11) is 0. The Bertz CT molecular complexity index is 149. The topological polar surface area (TPSA) is 26.3 Å². The number of esters is 1. The van der Waals surface area contributed by atoms with Crippen LogP contribution in [0, 0.1) is 11.8 Å². The molecule has 0 amide bonds. The van der Waals surface area contributed by atoms with E-state index in [9.17, 15) is 4.79 Å². The van der Waals surface area contributed by atoms with Gasteiger partial charge in [-0.25, -0.2) is 0 Å². The molecule has 0 radical (unpaired) electrons. The molecule has 2 fully saturated rings. The molecule has 10 heavy (non-hydrogen) atoms. The fourth-order valence-corrected chi connectivity index (χ4v) is 1.67. The fourth-order valence-electron chi connectivity index (χ4n) is 1.67. The van der Waals surface area contributed by atoms with Crippen LogP contribution in [0.3, 0.4) is 0 Å². The largest absolute Gasteiger partial charge is 0.466 e. The Balaban J connectivity index is 1.89. The third-order valence-corrected chi connectivity index (χ3v) is 2.47. The number of rotatable bonds is 1. The minimum atomic E-state index is 0.0168. The van der Waals surface area contributed by atoms with Crippen LogP contribution in [0.4, 0.5) is 0 Å². The summed E-state index contributed by atoms with van der Waals surface area (Å²) in [5.74, 6) is 1.55. The Morgan fingerprint density at radius 2 is 2.00 bits per heavy atom. The van der Waals surface area contributed by atoms with Gasteiger partial charge in [0.2, 0.25) is 0 Å². The number of carbonyl (C=O) groups excluding carboxylic acids is 1. The molecule has 0 aromatic heterocycles. The van der Waals surface area contributed by atoms with Gasteiger partial charge in [0.05, 0.1) is 6.61 Å². The minimum Gasteiger partial charge on any atom is -0.466 e. The Morgan fingerprint density at radius 3 is 2.60 bits per heavy atom. The lowest BCUT2D eigenvalue weighted by molar-refractivity contribution is -0.149. The SMILES string of the molecule is O=C1CC(C2CC2)CCO1. The zero-order valence-corrected chi connectivity index (χ0v) is 6.01. The maximum absolute atomic E-state index is 10.8. The van der Waals surface area contributed by atoms with Crippen molar-refractivity contribution in [2.24, 2.45) is 11.8 Å². The predicted octanol–water partition coefficient (Wildman–Crippen LogP) is 1.35. The lowest BCUT2D eigenvalue weighted by Crippen LogP contribution is -2.21. The highest BCUT2D eigenvalue weighted by Crippen LogP contribution is 2.41. The van der Waals surface area contributed by atoms with E-state index < -0.39 is 0 Å². The zero-order valence-electron chi connectivity index (χ0n) is 6.01. The standard InChI is InChI=1S/C8H12O2/c9-8-5-7(3-4-10-8)6-1-2-6/h6-7H,1-5H2. The van der Waals surface area contributed by atoms with Crippen LogP contribution < -0.4 is 0 Å². The van der Waals surface area contributed by atoms with E-state index in [1.165, 1.54) is 12.8 Å². The van der Waals surface area contributed by atoms with Gasteiger partial charge in [0.15, 0.2) is 0 Å². The fraction of sp³-hybridized carbons (Fsp3) is 0.875. The van der Waals surface area contributed by atoms with E-state index in [4.69, 9.17) is 4.74 Å². The van der Waals surface area contributed by atoms with Gasteiger partial charge in [0.1, 0.15) is 0 Å². The second-order valence-electron chi connectivity index (χ2n) is 3.31. The number of ether oxygens (including phenoxy) is 1. The van der Waals surface area contributed by atoms with E-state index in [1.807, 2.05) is 0 Å². The van der Waals surface area contributed by atoms with Crippen molar-refractivity contribution in [2.45, 2.75) is 25.7 Å². The van der Waals surface area contributed by atoms with Gasteiger partial charge in [-0.05, 0) is 31.1 Å². The molecule has 0 N–H and O–H groups in total. The quantitative estimate of drug-likeness (QED) is 0.514. The van der Waals surface area contributed by atoms with Crippen molar-refractivity contribution in [3.8, 4) is 0 Å². The molecule has 56 valence electrons. The molecule has 1 saturated heterocycles. The lowest BCUT2D eigenvalue weighted by Gasteiger charge is -2.20. The molecule has 1 unspecified atom stereocenters. The van der Waals surface area contributed by atoms with Gasteiger partial charge < -0.3 is 4.74 Å². The summed E-state index contributed by atoms with van der Waals surface area (Å²) in [5.41, 5.74) is 0. The van der Waals surface area contributed by atoms with Crippen LogP contribution in [-0.4, -0.2) is 12.6 Å². The second kappa shape index (κ2) is 2.26. The average Bonchev–Trinajstić information content (AvgIpc) is 2.68. The molecule has 0 bridgehead atoms. The Labute approximate surface area is 60.6 Å². The summed E-state index contributed by atoms with van der Waals surface area (Å²) in [6, 6.07) is 0. The average molecular weight is 140 g/mol. The molecule has 2 nitrogen and oxygen atoms in total. The highest BCUT2D eigenvalue weighted by molar-refractivity contribution is 5.70.